The lowest BCUT2D eigenvalue weighted by Gasteiger charge is -2.25. The number of aromatic nitrogens is 1. The summed E-state index contributed by atoms with van der Waals surface area (Å²) in [5, 5.41) is 0. The lowest BCUT2D eigenvalue weighted by molar-refractivity contribution is 0.0440. The average molecular weight is 302 g/mol. The van der Waals surface area contributed by atoms with E-state index in [0.717, 1.165) is 25.2 Å². The van der Waals surface area contributed by atoms with Crippen molar-refractivity contribution < 1.29 is 14.3 Å². The second kappa shape index (κ2) is 6.83. The molecule has 3 heterocycles. The highest BCUT2D eigenvalue weighted by Crippen LogP contribution is 2.24. The van der Waals surface area contributed by atoms with E-state index in [-0.39, 0.29) is 5.97 Å². The Morgan fingerprint density at radius 3 is 2.82 bits per heavy atom. The van der Waals surface area contributed by atoms with Crippen LogP contribution in [-0.2, 0) is 4.74 Å². The van der Waals surface area contributed by atoms with E-state index in [0.29, 0.717) is 18.1 Å². The Morgan fingerprint density at radius 2 is 2.05 bits per heavy atom. The van der Waals surface area contributed by atoms with Crippen molar-refractivity contribution in [1.82, 2.24) is 9.30 Å². The minimum atomic E-state index is -0.333. The normalized spacial score (nSPS) is 15.9. The van der Waals surface area contributed by atoms with Crippen LogP contribution in [0.1, 0.15) is 29.8 Å². The van der Waals surface area contributed by atoms with Crippen molar-refractivity contribution in [3.63, 3.8) is 0 Å². The van der Waals surface area contributed by atoms with E-state index in [4.69, 9.17) is 9.47 Å². The summed E-state index contributed by atoms with van der Waals surface area (Å²) in [4.78, 5) is 14.8. The molecule has 1 fully saturated rings. The average Bonchev–Trinajstić information content (AvgIpc) is 2.94. The van der Waals surface area contributed by atoms with E-state index in [1.807, 2.05) is 34.9 Å². The molecule has 0 N–H and O–H groups in total. The number of hydrogen-bond acceptors (Lipinski definition) is 4. The van der Waals surface area contributed by atoms with Gasteiger partial charge in [0.25, 0.3) is 0 Å². The van der Waals surface area contributed by atoms with Crippen molar-refractivity contribution in [3.8, 4) is 5.75 Å². The summed E-state index contributed by atoms with van der Waals surface area (Å²) in [6.07, 6.45) is 5.64. The third-order valence-corrected chi connectivity index (χ3v) is 4.15. The van der Waals surface area contributed by atoms with Gasteiger partial charge in [-0.25, -0.2) is 4.79 Å². The highest BCUT2D eigenvalue weighted by Gasteiger charge is 2.20. The molecule has 2 aromatic heterocycles. The Labute approximate surface area is 130 Å². The second-order valence-corrected chi connectivity index (χ2v) is 5.60. The number of carbonyl (C=O) groups is 1. The van der Waals surface area contributed by atoms with Crippen LogP contribution >= 0.6 is 0 Å². The fourth-order valence-corrected chi connectivity index (χ4v) is 2.97. The Morgan fingerprint density at radius 1 is 1.23 bits per heavy atom. The quantitative estimate of drug-likeness (QED) is 0.796. The van der Waals surface area contributed by atoms with Gasteiger partial charge in [-0.15, -0.1) is 0 Å². The molecular formula is C17H22N2O3. The van der Waals surface area contributed by atoms with Crippen LogP contribution in [0, 0.1) is 0 Å². The highest BCUT2D eigenvalue weighted by atomic mass is 16.5. The Kier molecular flexibility index (Phi) is 4.63. The molecule has 22 heavy (non-hydrogen) atoms. The van der Waals surface area contributed by atoms with Gasteiger partial charge in [-0.3, -0.25) is 4.90 Å². The fourth-order valence-electron chi connectivity index (χ4n) is 2.97. The number of likely N-dealkylation sites (tertiary alicyclic amines) is 1. The van der Waals surface area contributed by atoms with Gasteiger partial charge in [0.05, 0.1) is 7.11 Å². The van der Waals surface area contributed by atoms with E-state index in [9.17, 15) is 4.79 Å². The number of carbonyl (C=O) groups excluding carboxylic acids is 1. The zero-order valence-electron chi connectivity index (χ0n) is 13.0. The number of esters is 1. The standard InChI is InChI=1S/C17H22N2O3/c1-21-15-13-14-7-3-6-10-19(14)16(15)17(20)22-12-11-18-8-4-2-5-9-18/h3,6-7,10,13H,2,4-5,8-9,11-12H2,1H3. The summed E-state index contributed by atoms with van der Waals surface area (Å²) in [6.45, 7) is 3.43. The summed E-state index contributed by atoms with van der Waals surface area (Å²) in [5.74, 6) is 0.217. The first-order chi connectivity index (χ1) is 10.8. The molecule has 2 aromatic rings. The van der Waals surface area contributed by atoms with Gasteiger partial charge in [-0.1, -0.05) is 12.5 Å². The number of methoxy groups -OCH3 is 1. The molecule has 0 aromatic carbocycles. The molecule has 0 unspecified atom stereocenters. The molecule has 3 rings (SSSR count). The third-order valence-electron chi connectivity index (χ3n) is 4.15. The molecule has 0 spiro atoms. The Hall–Kier alpha value is -2.01. The number of rotatable bonds is 5. The predicted octanol–water partition coefficient (Wildman–Crippen LogP) is 2.59. The summed E-state index contributed by atoms with van der Waals surface area (Å²) in [6, 6.07) is 7.60. The van der Waals surface area contributed by atoms with Crippen molar-refractivity contribution in [2.24, 2.45) is 0 Å². The summed E-state index contributed by atoms with van der Waals surface area (Å²) in [5.41, 5.74) is 1.37. The molecule has 0 amide bonds. The second-order valence-electron chi connectivity index (χ2n) is 5.60. The minimum Gasteiger partial charge on any atom is -0.494 e. The van der Waals surface area contributed by atoms with Crippen molar-refractivity contribution in [3.05, 3.63) is 36.2 Å². The molecule has 118 valence electrons. The van der Waals surface area contributed by atoms with E-state index in [2.05, 4.69) is 4.90 Å². The molecule has 0 radical (unpaired) electrons. The number of ether oxygens (including phenoxy) is 2. The number of fused-ring (bicyclic) bond motifs is 1. The van der Waals surface area contributed by atoms with E-state index in [1.54, 1.807) is 7.11 Å². The predicted molar refractivity (Wildman–Crippen MR) is 84.5 cm³/mol. The lowest BCUT2D eigenvalue weighted by Crippen LogP contribution is -2.33. The third kappa shape index (κ3) is 3.09. The van der Waals surface area contributed by atoms with Gasteiger partial charge < -0.3 is 13.9 Å². The van der Waals surface area contributed by atoms with Gasteiger partial charge in [0, 0.05) is 24.3 Å². The smallest absolute Gasteiger partial charge is 0.359 e. The van der Waals surface area contributed by atoms with Crippen LogP contribution < -0.4 is 4.74 Å². The minimum absolute atomic E-state index is 0.333. The molecule has 0 saturated carbocycles. The van der Waals surface area contributed by atoms with Crippen LogP contribution in [0.2, 0.25) is 0 Å². The maximum Gasteiger partial charge on any atom is 0.359 e. The van der Waals surface area contributed by atoms with E-state index in [1.165, 1.54) is 19.3 Å². The number of pyridine rings is 1. The summed E-state index contributed by atoms with van der Waals surface area (Å²) >= 11 is 0. The molecule has 0 bridgehead atoms. The largest absolute Gasteiger partial charge is 0.494 e. The van der Waals surface area contributed by atoms with Gasteiger partial charge in [0.2, 0.25) is 0 Å². The van der Waals surface area contributed by atoms with E-state index < -0.39 is 0 Å². The van der Waals surface area contributed by atoms with E-state index >= 15 is 0 Å². The SMILES string of the molecule is COc1cc2ccccn2c1C(=O)OCCN1CCCCC1. The first kappa shape index (κ1) is 14.9. The number of nitrogens with zero attached hydrogens (tertiary/aromatic N) is 2. The molecule has 5 nitrogen and oxygen atoms in total. The first-order valence-corrected chi connectivity index (χ1v) is 7.83. The van der Waals surface area contributed by atoms with Crippen LogP contribution in [-0.4, -0.2) is 48.6 Å². The lowest BCUT2D eigenvalue weighted by atomic mass is 10.1. The van der Waals surface area contributed by atoms with Crippen LogP contribution in [0.15, 0.2) is 30.5 Å². The highest BCUT2D eigenvalue weighted by molar-refractivity contribution is 5.93. The maximum absolute atomic E-state index is 12.4. The van der Waals surface area contributed by atoms with Crippen molar-refractivity contribution in [2.45, 2.75) is 19.3 Å². The number of hydrogen-bond donors (Lipinski definition) is 0. The molecule has 0 atom stereocenters. The topological polar surface area (TPSA) is 43.2 Å². The maximum atomic E-state index is 12.4. The molecular weight excluding hydrogens is 280 g/mol. The Bertz CT molecular complexity index is 644. The van der Waals surface area contributed by atoms with Gasteiger partial charge in [0.15, 0.2) is 11.4 Å². The van der Waals surface area contributed by atoms with Gasteiger partial charge in [-0.05, 0) is 38.1 Å². The zero-order chi connectivity index (χ0) is 15.4. The van der Waals surface area contributed by atoms with Crippen LogP contribution in [0.5, 0.6) is 5.75 Å². The summed E-state index contributed by atoms with van der Waals surface area (Å²) in [7, 11) is 1.57. The molecule has 1 aliphatic rings. The van der Waals surface area contributed by atoms with Gasteiger partial charge in [0.1, 0.15) is 6.61 Å². The zero-order valence-corrected chi connectivity index (χ0v) is 13.0. The number of piperidine rings is 1. The first-order valence-electron chi connectivity index (χ1n) is 7.83. The molecule has 1 aliphatic heterocycles. The fraction of sp³-hybridized carbons (Fsp3) is 0.471. The van der Waals surface area contributed by atoms with Gasteiger partial charge in [-0.2, -0.15) is 0 Å². The van der Waals surface area contributed by atoms with Crippen molar-refractivity contribution in [2.75, 3.05) is 33.4 Å². The Balaban J connectivity index is 1.66. The van der Waals surface area contributed by atoms with Crippen LogP contribution in [0.3, 0.4) is 0 Å². The molecule has 5 heteroatoms. The van der Waals surface area contributed by atoms with Crippen molar-refractivity contribution in [1.29, 1.82) is 0 Å². The summed E-state index contributed by atoms with van der Waals surface area (Å²) < 4.78 is 12.6. The van der Waals surface area contributed by atoms with Crippen LogP contribution in [0.4, 0.5) is 0 Å². The molecule has 0 aliphatic carbocycles. The molecule has 1 saturated heterocycles. The monoisotopic (exact) mass is 302 g/mol. The van der Waals surface area contributed by atoms with Gasteiger partial charge >= 0.3 is 5.97 Å². The van der Waals surface area contributed by atoms with Crippen LogP contribution in [0.25, 0.3) is 5.52 Å². The van der Waals surface area contributed by atoms with Crippen molar-refractivity contribution >= 4 is 11.5 Å².